The molecule has 7 nitrogen and oxygen atoms in total. The van der Waals surface area contributed by atoms with E-state index >= 15 is 0 Å². The summed E-state index contributed by atoms with van der Waals surface area (Å²) in [4.78, 5) is 25.5. The molecule has 0 saturated carbocycles. The van der Waals surface area contributed by atoms with E-state index in [2.05, 4.69) is 0 Å². The molecule has 31 heavy (non-hydrogen) atoms. The van der Waals surface area contributed by atoms with Gasteiger partial charge < -0.3 is 9.64 Å². The average Bonchev–Trinajstić information content (AvgIpc) is 2.74. The van der Waals surface area contributed by atoms with Gasteiger partial charge in [-0.2, -0.15) is 4.31 Å². The van der Waals surface area contributed by atoms with E-state index in [1.54, 1.807) is 13.8 Å². The van der Waals surface area contributed by atoms with Crippen LogP contribution >= 0.6 is 0 Å². The Bertz CT molecular complexity index is 1040. The fraction of sp³-hybridized carbons (Fsp3) is 0.333. The van der Waals surface area contributed by atoms with Gasteiger partial charge in [-0.15, -0.1) is 0 Å². The first kappa shape index (κ1) is 24.4. The van der Waals surface area contributed by atoms with E-state index in [9.17, 15) is 26.8 Å². The Hall–Kier alpha value is -2.85. The van der Waals surface area contributed by atoms with Crippen LogP contribution in [0.2, 0.25) is 0 Å². The third kappa shape index (κ3) is 6.08. The minimum Gasteiger partial charge on any atom is -0.452 e. The van der Waals surface area contributed by atoms with Crippen molar-refractivity contribution in [2.75, 3.05) is 26.7 Å². The highest BCUT2D eigenvalue weighted by molar-refractivity contribution is 7.89. The molecule has 168 valence electrons. The fourth-order valence-corrected chi connectivity index (χ4v) is 4.29. The normalized spacial score (nSPS) is 11.4. The smallest absolute Gasteiger partial charge is 0.341 e. The molecule has 0 aliphatic carbocycles. The van der Waals surface area contributed by atoms with Crippen LogP contribution in [0.25, 0.3) is 0 Å². The van der Waals surface area contributed by atoms with Crippen LogP contribution in [0, 0.1) is 11.6 Å². The number of amides is 1. The maximum Gasteiger partial charge on any atom is 0.341 e. The Balaban J connectivity index is 2.07. The van der Waals surface area contributed by atoms with Crippen molar-refractivity contribution in [1.29, 1.82) is 0 Å². The molecule has 0 aliphatic rings. The number of halogens is 2. The Labute approximate surface area is 180 Å². The van der Waals surface area contributed by atoms with Crippen LogP contribution in [0.5, 0.6) is 0 Å². The topological polar surface area (TPSA) is 84.0 Å². The summed E-state index contributed by atoms with van der Waals surface area (Å²) < 4.78 is 58.4. The van der Waals surface area contributed by atoms with Crippen LogP contribution in [0.3, 0.4) is 0 Å². The molecule has 0 N–H and O–H groups in total. The van der Waals surface area contributed by atoms with Crippen molar-refractivity contribution in [3.8, 4) is 0 Å². The van der Waals surface area contributed by atoms with Gasteiger partial charge >= 0.3 is 5.97 Å². The second-order valence-corrected chi connectivity index (χ2v) is 8.62. The monoisotopic (exact) mass is 454 g/mol. The molecule has 2 aromatic carbocycles. The van der Waals surface area contributed by atoms with Gasteiger partial charge in [-0.1, -0.05) is 26.0 Å². The Kier molecular flexibility index (Phi) is 8.23. The van der Waals surface area contributed by atoms with Crippen LogP contribution in [0.1, 0.15) is 29.8 Å². The van der Waals surface area contributed by atoms with E-state index in [0.717, 1.165) is 18.2 Å². The van der Waals surface area contributed by atoms with Crippen LogP contribution < -0.4 is 0 Å². The first-order valence-electron chi connectivity index (χ1n) is 9.55. The number of esters is 1. The van der Waals surface area contributed by atoms with Gasteiger partial charge in [-0.05, 0) is 35.9 Å². The highest BCUT2D eigenvalue weighted by Gasteiger charge is 2.25. The van der Waals surface area contributed by atoms with Gasteiger partial charge in [-0.3, -0.25) is 4.79 Å². The lowest BCUT2D eigenvalue weighted by Crippen LogP contribution is -2.31. The van der Waals surface area contributed by atoms with E-state index in [1.807, 2.05) is 0 Å². The highest BCUT2D eigenvalue weighted by Crippen LogP contribution is 2.20. The summed E-state index contributed by atoms with van der Waals surface area (Å²) in [5, 5.41) is 0. The summed E-state index contributed by atoms with van der Waals surface area (Å²) >= 11 is 0. The van der Waals surface area contributed by atoms with Gasteiger partial charge in [0.15, 0.2) is 6.61 Å². The lowest BCUT2D eigenvalue weighted by Gasteiger charge is -2.19. The van der Waals surface area contributed by atoms with Gasteiger partial charge in [0, 0.05) is 26.7 Å². The van der Waals surface area contributed by atoms with Crippen molar-refractivity contribution in [3.63, 3.8) is 0 Å². The predicted octanol–water partition coefficient (Wildman–Crippen LogP) is 2.81. The van der Waals surface area contributed by atoms with E-state index in [4.69, 9.17) is 4.74 Å². The summed E-state index contributed by atoms with van der Waals surface area (Å²) in [6.45, 7) is 3.24. The molecule has 10 heteroatoms. The van der Waals surface area contributed by atoms with E-state index < -0.39 is 45.7 Å². The lowest BCUT2D eigenvalue weighted by atomic mass is 10.2. The standard InChI is InChI=1S/C21H24F2N2O5S/c1-4-25(5-2)31(28,29)17-10-11-19(23)18(12-17)21(27)30-14-20(26)24(3)13-15-6-8-16(22)9-7-15/h6-12H,4-5,13-14H2,1-3H3. The largest absolute Gasteiger partial charge is 0.452 e. The fourth-order valence-electron chi connectivity index (χ4n) is 2.80. The second kappa shape index (κ2) is 10.5. The van der Waals surface area contributed by atoms with E-state index in [0.29, 0.717) is 5.56 Å². The van der Waals surface area contributed by atoms with E-state index in [-0.39, 0.29) is 24.5 Å². The van der Waals surface area contributed by atoms with Crippen LogP contribution in [-0.4, -0.2) is 56.2 Å². The maximum absolute atomic E-state index is 14.1. The van der Waals surface area contributed by atoms with Gasteiger partial charge in [0.1, 0.15) is 11.6 Å². The lowest BCUT2D eigenvalue weighted by molar-refractivity contribution is -0.133. The number of hydrogen-bond acceptors (Lipinski definition) is 5. The number of carbonyl (C=O) groups excluding carboxylic acids is 2. The van der Waals surface area contributed by atoms with E-state index in [1.165, 1.54) is 40.5 Å². The maximum atomic E-state index is 14.1. The summed E-state index contributed by atoms with van der Waals surface area (Å²) in [6.07, 6.45) is 0. The number of likely N-dealkylation sites (N-methyl/N-ethyl adjacent to an activating group) is 1. The number of benzene rings is 2. The summed E-state index contributed by atoms with van der Waals surface area (Å²) in [5.41, 5.74) is 0.0890. The molecule has 0 bridgehead atoms. The van der Waals surface area contributed by atoms with Gasteiger partial charge in [0.2, 0.25) is 10.0 Å². The highest BCUT2D eigenvalue weighted by atomic mass is 32.2. The van der Waals surface area contributed by atoms with Crippen molar-refractivity contribution < 1.29 is 31.5 Å². The molecule has 0 saturated heterocycles. The first-order valence-corrected chi connectivity index (χ1v) is 11.0. The summed E-state index contributed by atoms with van der Waals surface area (Å²) in [6, 6.07) is 8.39. The molecule has 0 atom stereocenters. The van der Waals surface area contributed by atoms with Crippen molar-refractivity contribution in [3.05, 3.63) is 65.2 Å². The summed E-state index contributed by atoms with van der Waals surface area (Å²) in [7, 11) is -2.43. The zero-order valence-corrected chi connectivity index (χ0v) is 18.3. The molecule has 0 fully saturated rings. The van der Waals surface area contributed by atoms with Gasteiger partial charge in [0.05, 0.1) is 10.5 Å². The quantitative estimate of drug-likeness (QED) is 0.544. The number of nitrogens with zero attached hydrogens (tertiary/aromatic N) is 2. The molecule has 2 aromatic rings. The molecule has 0 heterocycles. The van der Waals surface area contributed by atoms with Crippen molar-refractivity contribution in [2.45, 2.75) is 25.3 Å². The number of sulfonamides is 1. The molecule has 1 amide bonds. The number of ether oxygens (including phenoxy) is 1. The minimum absolute atomic E-state index is 0.155. The summed E-state index contributed by atoms with van der Waals surface area (Å²) in [5.74, 6) is -3.09. The van der Waals surface area contributed by atoms with Crippen LogP contribution in [-0.2, 0) is 26.1 Å². The zero-order valence-electron chi connectivity index (χ0n) is 17.5. The second-order valence-electron chi connectivity index (χ2n) is 6.68. The molecule has 0 radical (unpaired) electrons. The Morgan fingerprint density at radius 3 is 2.19 bits per heavy atom. The van der Waals surface area contributed by atoms with Crippen LogP contribution in [0.4, 0.5) is 8.78 Å². The third-order valence-electron chi connectivity index (χ3n) is 4.59. The molecule has 2 rings (SSSR count). The third-order valence-corrected chi connectivity index (χ3v) is 6.63. The molecule has 0 aliphatic heterocycles. The van der Waals surface area contributed by atoms with Crippen molar-refractivity contribution in [2.24, 2.45) is 0 Å². The van der Waals surface area contributed by atoms with Gasteiger partial charge in [0.25, 0.3) is 5.91 Å². The number of hydrogen-bond donors (Lipinski definition) is 0. The predicted molar refractivity (Wildman–Crippen MR) is 110 cm³/mol. The van der Waals surface area contributed by atoms with Crippen molar-refractivity contribution in [1.82, 2.24) is 9.21 Å². The molecular formula is C21H24F2N2O5S. The molecule has 0 aromatic heterocycles. The van der Waals surface area contributed by atoms with Crippen LogP contribution in [0.15, 0.2) is 47.4 Å². The number of rotatable bonds is 9. The Morgan fingerprint density at radius 2 is 1.61 bits per heavy atom. The first-order chi connectivity index (χ1) is 14.6. The molecular weight excluding hydrogens is 430 g/mol. The number of carbonyl (C=O) groups is 2. The average molecular weight is 454 g/mol. The Morgan fingerprint density at radius 1 is 1.00 bits per heavy atom. The molecule has 0 unspecified atom stereocenters. The minimum atomic E-state index is -3.90. The van der Waals surface area contributed by atoms with Gasteiger partial charge in [-0.25, -0.2) is 22.0 Å². The zero-order chi connectivity index (χ0) is 23.2. The SMILES string of the molecule is CCN(CC)S(=O)(=O)c1ccc(F)c(C(=O)OCC(=O)N(C)Cc2ccc(F)cc2)c1. The molecule has 0 spiro atoms. The van der Waals surface area contributed by atoms with Crippen molar-refractivity contribution >= 4 is 21.9 Å².